The topological polar surface area (TPSA) is 68.0 Å². The van der Waals surface area contributed by atoms with Crippen molar-refractivity contribution in [3.8, 4) is 0 Å². The Morgan fingerprint density at radius 1 is 1.36 bits per heavy atom. The number of aryl methyl sites for hydroxylation is 2. The van der Waals surface area contributed by atoms with Gasteiger partial charge in [-0.2, -0.15) is 0 Å². The lowest BCUT2D eigenvalue weighted by molar-refractivity contribution is -0.121. The molecule has 0 spiro atoms. The largest absolute Gasteiger partial charge is 0.361 e. The SMILES string of the molecule is Cc1noc(C)c1CC(=O)N[C@@H](C)c1nc2ccccc2s1. The van der Waals surface area contributed by atoms with Gasteiger partial charge in [-0.25, -0.2) is 4.98 Å². The van der Waals surface area contributed by atoms with Crippen LogP contribution in [-0.2, 0) is 11.2 Å². The number of aromatic nitrogens is 2. The number of para-hydroxylation sites is 1. The molecule has 0 radical (unpaired) electrons. The number of benzene rings is 1. The summed E-state index contributed by atoms with van der Waals surface area (Å²) in [6, 6.07) is 7.85. The van der Waals surface area contributed by atoms with E-state index in [4.69, 9.17) is 4.52 Å². The number of carbonyl (C=O) groups excluding carboxylic acids is 1. The van der Waals surface area contributed by atoms with Crippen molar-refractivity contribution in [3.05, 3.63) is 46.3 Å². The van der Waals surface area contributed by atoms with E-state index in [1.54, 1.807) is 11.3 Å². The van der Waals surface area contributed by atoms with Crippen LogP contribution in [0.5, 0.6) is 0 Å². The maximum absolute atomic E-state index is 12.2. The van der Waals surface area contributed by atoms with Crippen molar-refractivity contribution in [3.63, 3.8) is 0 Å². The highest BCUT2D eigenvalue weighted by atomic mass is 32.1. The van der Waals surface area contributed by atoms with E-state index in [1.165, 1.54) is 0 Å². The summed E-state index contributed by atoms with van der Waals surface area (Å²) in [5, 5.41) is 7.77. The molecule has 3 rings (SSSR count). The second-order valence-corrected chi connectivity index (χ2v) is 6.35. The number of nitrogens with zero attached hydrogens (tertiary/aromatic N) is 2. The van der Waals surface area contributed by atoms with Crippen molar-refractivity contribution in [1.82, 2.24) is 15.5 Å². The average molecular weight is 315 g/mol. The van der Waals surface area contributed by atoms with E-state index < -0.39 is 0 Å². The van der Waals surface area contributed by atoms with Gasteiger partial charge >= 0.3 is 0 Å². The summed E-state index contributed by atoms with van der Waals surface area (Å²) in [7, 11) is 0. The minimum atomic E-state index is -0.120. The van der Waals surface area contributed by atoms with Gasteiger partial charge in [0.1, 0.15) is 10.8 Å². The molecule has 6 heteroatoms. The molecule has 114 valence electrons. The molecular weight excluding hydrogens is 298 g/mol. The van der Waals surface area contributed by atoms with Crippen LogP contribution in [-0.4, -0.2) is 16.0 Å². The van der Waals surface area contributed by atoms with Gasteiger partial charge in [-0.15, -0.1) is 11.3 Å². The van der Waals surface area contributed by atoms with Gasteiger partial charge in [-0.3, -0.25) is 4.79 Å². The van der Waals surface area contributed by atoms with Crippen LogP contribution in [0, 0.1) is 13.8 Å². The third-order valence-electron chi connectivity index (χ3n) is 3.58. The van der Waals surface area contributed by atoms with Crippen LogP contribution < -0.4 is 5.32 Å². The fourth-order valence-electron chi connectivity index (χ4n) is 2.34. The van der Waals surface area contributed by atoms with E-state index in [2.05, 4.69) is 15.5 Å². The Morgan fingerprint density at radius 2 is 2.14 bits per heavy atom. The van der Waals surface area contributed by atoms with Crippen molar-refractivity contribution in [1.29, 1.82) is 0 Å². The molecule has 0 fully saturated rings. The fourth-order valence-corrected chi connectivity index (χ4v) is 3.31. The lowest BCUT2D eigenvalue weighted by Gasteiger charge is -2.10. The zero-order valence-corrected chi connectivity index (χ0v) is 13.5. The second kappa shape index (κ2) is 5.88. The van der Waals surface area contributed by atoms with Crippen LogP contribution in [0.4, 0.5) is 0 Å². The summed E-state index contributed by atoms with van der Waals surface area (Å²) in [6.07, 6.45) is 0.274. The highest BCUT2D eigenvalue weighted by Crippen LogP contribution is 2.26. The predicted octanol–water partition coefficient (Wildman–Crippen LogP) is 3.32. The number of carbonyl (C=O) groups is 1. The quantitative estimate of drug-likeness (QED) is 0.802. The summed E-state index contributed by atoms with van der Waals surface area (Å²) in [4.78, 5) is 16.8. The van der Waals surface area contributed by atoms with E-state index >= 15 is 0 Å². The Kier molecular flexibility index (Phi) is 3.94. The van der Waals surface area contributed by atoms with E-state index in [-0.39, 0.29) is 18.4 Å². The molecule has 1 N–H and O–H groups in total. The number of amides is 1. The van der Waals surface area contributed by atoms with Gasteiger partial charge in [-0.1, -0.05) is 17.3 Å². The average Bonchev–Trinajstić information content (AvgIpc) is 3.05. The van der Waals surface area contributed by atoms with Crippen molar-refractivity contribution >= 4 is 27.5 Å². The molecular formula is C16H17N3O2S. The number of nitrogens with one attached hydrogen (secondary N) is 1. The Labute approximate surface area is 132 Å². The summed E-state index contributed by atoms with van der Waals surface area (Å²) in [5.41, 5.74) is 2.59. The van der Waals surface area contributed by atoms with Gasteiger partial charge < -0.3 is 9.84 Å². The smallest absolute Gasteiger partial charge is 0.225 e. The van der Waals surface area contributed by atoms with Gasteiger partial charge in [-0.05, 0) is 32.9 Å². The summed E-state index contributed by atoms with van der Waals surface area (Å²) >= 11 is 1.60. The van der Waals surface area contributed by atoms with Crippen LogP contribution in [0.2, 0.25) is 0 Å². The molecule has 22 heavy (non-hydrogen) atoms. The summed E-state index contributed by atoms with van der Waals surface area (Å²) < 4.78 is 6.21. The number of hydrogen-bond donors (Lipinski definition) is 1. The highest BCUT2D eigenvalue weighted by molar-refractivity contribution is 7.18. The maximum Gasteiger partial charge on any atom is 0.225 e. The van der Waals surface area contributed by atoms with Gasteiger partial charge in [0, 0.05) is 5.56 Å². The first kappa shape index (κ1) is 14.7. The van der Waals surface area contributed by atoms with E-state index in [0.29, 0.717) is 5.76 Å². The van der Waals surface area contributed by atoms with E-state index in [1.807, 2.05) is 45.0 Å². The highest BCUT2D eigenvalue weighted by Gasteiger charge is 2.17. The van der Waals surface area contributed by atoms with E-state index in [0.717, 1.165) is 26.5 Å². The second-order valence-electron chi connectivity index (χ2n) is 5.29. The molecule has 0 aliphatic rings. The maximum atomic E-state index is 12.2. The predicted molar refractivity (Wildman–Crippen MR) is 85.9 cm³/mol. The monoisotopic (exact) mass is 315 g/mol. The standard InChI is InChI=1S/C16H17N3O2S/c1-9-12(11(3)21-19-9)8-15(20)17-10(2)16-18-13-6-4-5-7-14(13)22-16/h4-7,10H,8H2,1-3H3,(H,17,20)/t10-/m0/s1. The molecule has 1 amide bonds. The Balaban J connectivity index is 1.70. The van der Waals surface area contributed by atoms with E-state index in [9.17, 15) is 4.79 Å². The lowest BCUT2D eigenvalue weighted by atomic mass is 10.1. The summed E-state index contributed by atoms with van der Waals surface area (Å²) in [6.45, 7) is 5.61. The molecule has 2 aromatic heterocycles. The molecule has 0 saturated carbocycles. The van der Waals surface area contributed by atoms with Crippen LogP contribution in [0.3, 0.4) is 0 Å². The molecule has 1 atom stereocenters. The molecule has 0 bridgehead atoms. The fraction of sp³-hybridized carbons (Fsp3) is 0.312. The molecule has 1 aromatic carbocycles. The normalized spacial score (nSPS) is 12.5. The molecule has 2 heterocycles. The zero-order valence-electron chi connectivity index (χ0n) is 12.7. The van der Waals surface area contributed by atoms with Gasteiger partial charge in [0.25, 0.3) is 0 Å². The molecule has 0 aliphatic heterocycles. The number of hydrogen-bond acceptors (Lipinski definition) is 5. The Morgan fingerprint density at radius 3 is 2.82 bits per heavy atom. The Bertz CT molecular complexity index is 769. The first-order valence-electron chi connectivity index (χ1n) is 7.11. The third-order valence-corrected chi connectivity index (χ3v) is 4.80. The molecule has 0 aliphatic carbocycles. The molecule has 0 saturated heterocycles. The van der Waals surface area contributed by atoms with Gasteiger partial charge in [0.15, 0.2) is 0 Å². The van der Waals surface area contributed by atoms with Crippen LogP contribution in [0.1, 0.15) is 35.0 Å². The van der Waals surface area contributed by atoms with Crippen LogP contribution in [0.15, 0.2) is 28.8 Å². The lowest BCUT2D eigenvalue weighted by Crippen LogP contribution is -2.28. The van der Waals surface area contributed by atoms with Crippen molar-refractivity contribution in [2.24, 2.45) is 0 Å². The number of fused-ring (bicyclic) bond motifs is 1. The Hall–Kier alpha value is -2.21. The first-order chi connectivity index (χ1) is 10.5. The summed E-state index contributed by atoms with van der Waals surface area (Å²) in [5.74, 6) is 0.640. The minimum Gasteiger partial charge on any atom is -0.361 e. The van der Waals surface area contributed by atoms with Crippen molar-refractivity contribution in [2.75, 3.05) is 0 Å². The van der Waals surface area contributed by atoms with Crippen molar-refractivity contribution in [2.45, 2.75) is 33.2 Å². The zero-order chi connectivity index (χ0) is 15.7. The molecule has 3 aromatic rings. The molecule has 5 nitrogen and oxygen atoms in total. The first-order valence-corrected chi connectivity index (χ1v) is 7.93. The number of rotatable bonds is 4. The van der Waals surface area contributed by atoms with Crippen molar-refractivity contribution < 1.29 is 9.32 Å². The third kappa shape index (κ3) is 2.87. The van der Waals surface area contributed by atoms with Crippen LogP contribution >= 0.6 is 11.3 Å². The molecule has 0 unspecified atom stereocenters. The van der Waals surface area contributed by atoms with Gasteiger partial charge in [0.05, 0.1) is 28.4 Å². The number of thiazole rings is 1. The minimum absolute atomic E-state index is 0.0545. The van der Waals surface area contributed by atoms with Crippen LogP contribution in [0.25, 0.3) is 10.2 Å². The van der Waals surface area contributed by atoms with Gasteiger partial charge in [0.2, 0.25) is 5.91 Å².